The maximum Gasteiger partial charge on any atom is 0.281 e. The van der Waals surface area contributed by atoms with Crippen LogP contribution in [0.2, 0.25) is 0 Å². The number of fused-ring (bicyclic) bond motifs is 1. The summed E-state index contributed by atoms with van der Waals surface area (Å²) in [6.07, 6.45) is 6.73. The molecule has 6 rings (SSSR count). The highest BCUT2D eigenvalue weighted by Gasteiger charge is 2.54. The minimum absolute atomic E-state index is 0.0246. The Hall–Kier alpha value is -1.95. The molecule has 1 aromatic carbocycles. The smallest absolute Gasteiger partial charge is 0.281 e. The summed E-state index contributed by atoms with van der Waals surface area (Å²) in [6.45, 7) is 0. The molecule has 25 heavy (non-hydrogen) atoms. The van der Waals surface area contributed by atoms with E-state index in [0.29, 0.717) is 28.7 Å². The summed E-state index contributed by atoms with van der Waals surface area (Å²) in [5.74, 6) is 2.02. The second-order valence-corrected chi connectivity index (χ2v) is 8.64. The zero-order valence-corrected chi connectivity index (χ0v) is 14.8. The topological polar surface area (TPSA) is 66.9 Å². The van der Waals surface area contributed by atoms with Crippen molar-refractivity contribution in [3.05, 3.63) is 39.4 Å². The van der Waals surface area contributed by atoms with Gasteiger partial charge in [-0.05, 0) is 80.6 Å². The molecule has 0 saturated heterocycles. The number of rotatable bonds is 2. The van der Waals surface area contributed by atoms with Crippen molar-refractivity contribution in [2.24, 2.45) is 23.2 Å². The van der Waals surface area contributed by atoms with Crippen LogP contribution in [0, 0.1) is 27.9 Å². The van der Waals surface area contributed by atoms with Crippen LogP contribution >= 0.6 is 12.2 Å². The van der Waals surface area contributed by atoms with E-state index >= 15 is 0 Å². The van der Waals surface area contributed by atoms with Crippen molar-refractivity contribution in [3.8, 4) is 0 Å². The van der Waals surface area contributed by atoms with Gasteiger partial charge >= 0.3 is 0 Å². The van der Waals surface area contributed by atoms with Gasteiger partial charge in [-0.25, -0.2) is 0 Å². The molecule has 4 bridgehead atoms. The van der Waals surface area contributed by atoms with Crippen molar-refractivity contribution in [2.45, 2.75) is 38.5 Å². The molecule has 4 aliphatic carbocycles. The fraction of sp³-hybridized carbons (Fsp3) is 0.526. The number of amides is 1. The number of benzene rings is 1. The average Bonchev–Trinajstić information content (AvgIpc) is 2.57. The number of H-pyrrole nitrogens is 1. The Balaban J connectivity index is 1.52. The summed E-state index contributed by atoms with van der Waals surface area (Å²) in [6, 6.07) is 7.23. The molecule has 5 nitrogen and oxygen atoms in total. The highest BCUT2D eigenvalue weighted by Crippen LogP contribution is 2.60. The first-order valence-corrected chi connectivity index (χ1v) is 9.50. The van der Waals surface area contributed by atoms with Crippen molar-refractivity contribution in [1.82, 2.24) is 9.66 Å². The zero-order chi connectivity index (χ0) is 17.2. The molecule has 4 aliphatic rings. The third kappa shape index (κ3) is 2.30. The van der Waals surface area contributed by atoms with Crippen molar-refractivity contribution in [3.63, 3.8) is 0 Å². The lowest BCUT2D eigenvalue weighted by Crippen LogP contribution is -2.53. The lowest BCUT2D eigenvalue weighted by molar-refractivity contribution is -0.141. The highest BCUT2D eigenvalue weighted by atomic mass is 32.1. The van der Waals surface area contributed by atoms with Gasteiger partial charge in [0.15, 0.2) is 4.77 Å². The summed E-state index contributed by atoms with van der Waals surface area (Å²) in [5.41, 5.74) is 2.98. The number of para-hydroxylation sites is 1. The second-order valence-electron chi connectivity index (χ2n) is 8.26. The van der Waals surface area contributed by atoms with Crippen LogP contribution in [-0.2, 0) is 4.79 Å². The Morgan fingerprint density at radius 3 is 2.36 bits per heavy atom. The number of carbonyl (C=O) groups is 1. The minimum atomic E-state index is -0.304. The standard InChI is InChI=1S/C19H21N3O2S/c23-16-14-3-1-2-4-15(14)20-18(25)22(16)21-17(24)19-8-11-5-12(9-19)7-13(6-11)10-19/h1-4,11-13H,5-10H2,(H,20,25)(H,21,24). The molecule has 4 fully saturated rings. The molecule has 1 heterocycles. The Bertz CT molecular complexity index is 955. The van der Waals surface area contributed by atoms with E-state index in [-0.39, 0.29) is 21.7 Å². The van der Waals surface area contributed by atoms with Crippen LogP contribution in [0.5, 0.6) is 0 Å². The van der Waals surface area contributed by atoms with E-state index in [1.54, 1.807) is 6.07 Å². The Morgan fingerprint density at radius 1 is 1.12 bits per heavy atom. The molecule has 2 aromatic rings. The number of carbonyl (C=O) groups excluding carboxylic acids is 1. The second kappa shape index (κ2) is 5.27. The largest absolute Gasteiger partial charge is 0.330 e. The fourth-order valence-corrected chi connectivity index (χ4v) is 6.11. The van der Waals surface area contributed by atoms with E-state index < -0.39 is 0 Å². The Kier molecular flexibility index (Phi) is 3.23. The van der Waals surface area contributed by atoms with Crippen molar-refractivity contribution >= 4 is 29.0 Å². The molecule has 1 aromatic heterocycles. The van der Waals surface area contributed by atoms with Gasteiger partial charge in [0.05, 0.1) is 16.3 Å². The molecule has 2 N–H and O–H groups in total. The third-order valence-corrected chi connectivity index (χ3v) is 6.82. The number of nitrogens with one attached hydrogen (secondary N) is 2. The number of hydrogen-bond acceptors (Lipinski definition) is 3. The Labute approximate surface area is 150 Å². The minimum Gasteiger partial charge on any atom is -0.330 e. The molecule has 1 amide bonds. The van der Waals surface area contributed by atoms with E-state index in [4.69, 9.17) is 12.2 Å². The van der Waals surface area contributed by atoms with E-state index in [1.807, 2.05) is 18.2 Å². The van der Waals surface area contributed by atoms with Crippen LogP contribution in [0.15, 0.2) is 29.1 Å². The van der Waals surface area contributed by atoms with Gasteiger partial charge in [-0.15, -0.1) is 0 Å². The van der Waals surface area contributed by atoms with Crippen LogP contribution in [0.1, 0.15) is 38.5 Å². The molecular formula is C19H21N3O2S. The van der Waals surface area contributed by atoms with Gasteiger partial charge in [-0.3, -0.25) is 15.0 Å². The van der Waals surface area contributed by atoms with Crippen LogP contribution < -0.4 is 11.0 Å². The molecule has 0 radical (unpaired) electrons. The summed E-state index contributed by atoms with van der Waals surface area (Å²) < 4.78 is 1.46. The highest BCUT2D eigenvalue weighted by molar-refractivity contribution is 7.71. The van der Waals surface area contributed by atoms with Gasteiger partial charge in [0.25, 0.3) is 5.56 Å². The molecule has 0 aliphatic heterocycles. The molecular weight excluding hydrogens is 334 g/mol. The first-order valence-electron chi connectivity index (χ1n) is 9.10. The summed E-state index contributed by atoms with van der Waals surface area (Å²) in [5, 5.41) is 0.530. The SMILES string of the molecule is O=C(Nn1c(=S)[nH]c2ccccc2c1=O)C12CC3CC(CC(C3)C1)C2. The first kappa shape index (κ1) is 15.3. The van der Waals surface area contributed by atoms with Crippen molar-refractivity contribution in [1.29, 1.82) is 0 Å². The van der Waals surface area contributed by atoms with Crippen LogP contribution in [-0.4, -0.2) is 15.6 Å². The van der Waals surface area contributed by atoms with Crippen LogP contribution in [0.25, 0.3) is 10.9 Å². The van der Waals surface area contributed by atoms with Crippen molar-refractivity contribution in [2.75, 3.05) is 5.43 Å². The maximum atomic E-state index is 13.2. The van der Waals surface area contributed by atoms with Crippen molar-refractivity contribution < 1.29 is 4.79 Å². The Morgan fingerprint density at radius 2 is 1.72 bits per heavy atom. The van der Waals surface area contributed by atoms with Gasteiger partial charge in [0.2, 0.25) is 5.91 Å². The fourth-order valence-electron chi connectivity index (χ4n) is 5.87. The molecule has 130 valence electrons. The lowest BCUT2D eigenvalue weighted by Gasteiger charge is -2.55. The van der Waals surface area contributed by atoms with Gasteiger partial charge < -0.3 is 4.98 Å². The zero-order valence-electron chi connectivity index (χ0n) is 14.0. The number of hydrogen-bond donors (Lipinski definition) is 2. The average molecular weight is 355 g/mol. The van der Waals surface area contributed by atoms with Gasteiger partial charge in [0.1, 0.15) is 0 Å². The van der Waals surface area contributed by atoms with Gasteiger partial charge in [-0.2, -0.15) is 4.68 Å². The first-order chi connectivity index (χ1) is 12.0. The summed E-state index contributed by atoms with van der Waals surface area (Å²) >= 11 is 5.32. The van der Waals surface area contributed by atoms with E-state index in [0.717, 1.165) is 19.3 Å². The normalized spacial score (nSPS) is 32.9. The monoisotopic (exact) mass is 355 g/mol. The maximum absolute atomic E-state index is 13.2. The number of nitrogens with zero attached hydrogens (tertiary/aromatic N) is 1. The predicted octanol–water partition coefficient (Wildman–Crippen LogP) is 3.35. The number of aromatic amines is 1. The quantitative estimate of drug-likeness (QED) is 0.812. The van der Waals surface area contributed by atoms with Crippen LogP contribution in [0.4, 0.5) is 0 Å². The van der Waals surface area contributed by atoms with Gasteiger partial charge in [-0.1, -0.05) is 12.1 Å². The third-order valence-electron chi connectivity index (χ3n) is 6.54. The summed E-state index contributed by atoms with van der Waals surface area (Å²) in [4.78, 5) is 29.0. The van der Waals surface area contributed by atoms with E-state index in [9.17, 15) is 9.59 Å². The molecule has 0 unspecified atom stereocenters. The summed E-state index contributed by atoms with van der Waals surface area (Å²) in [7, 11) is 0. The van der Waals surface area contributed by atoms with E-state index in [1.165, 1.54) is 23.9 Å². The lowest BCUT2D eigenvalue weighted by atomic mass is 9.49. The molecule has 6 heteroatoms. The predicted molar refractivity (Wildman–Crippen MR) is 98.4 cm³/mol. The van der Waals surface area contributed by atoms with Crippen LogP contribution in [0.3, 0.4) is 0 Å². The molecule has 0 atom stereocenters. The molecule has 4 saturated carbocycles. The van der Waals surface area contributed by atoms with Gasteiger partial charge in [0, 0.05) is 0 Å². The van der Waals surface area contributed by atoms with E-state index in [2.05, 4.69) is 10.4 Å². The number of aromatic nitrogens is 2. The molecule has 0 spiro atoms.